The molecule has 0 aliphatic carbocycles. The number of benzene rings is 1. The summed E-state index contributed by atoms with van der Waals surface area (Å²) in [4.78, 5) is 33.7. The van der Waals surface area contributed by atoms with Crippen LogP contribution in [0.5, 0.6) is 5.75 Å². The van der Waals surface area contributed by atoms with Crippen molar-refractivity contribution in [1.82, 2.24) is 4.90 Å². The number of hydrogen-bond donors (Lipinski definition) is 3. The lowest BCUT2D eigenvalue weighted by Gasteiger charge is -2.18. The fourth-order valence-corrected chi connectivity index (χ4v) is 1.46. The van der Waals surface area contributed by atoms with Crippen LogP contribution >= 0.6 is 0 Å². The molecule has 7 nitrogen and oxygen atoms in total. The minimum Gasteiger partial charge on any atom is -0.508 e. The topological polar surface area (TPSA) is 115 Å². The molecule has 7 heteroatoms. The van der Waals surface area contributed by atoms with Gasteiger partial charge in [0.25, 0.3) is 0 Å². The van der Waals surface area contributed by atoms with Crippen LogP contribution in [0.1, 0.15) is 5.56 Å². The van der Waals surface area contributed by atoms with Gasteiger partial charge in [0.1, 0.15) is 18.8 Å². The van der Waals surface area contributed by atoms with Crippen molar-refractivity contribution in [2.45, 2.75) is 6.42 Å². The van der Waals surface area contributed by atoms with E-state index in [-0.39, 0.29) is 12.2 Å². The van der Waals surface area contributed by atoms with Crippen molar-refractivity contribution in [2.75, 3.05) is 13.1 Å². The minimum absolute atomic E-state index is 0.0455. The van der Waals surface area contributed by atoms with Gasteiger partial charge < -0.3 is 20.2 Å². The molecule has 3 N–H and O–H groups in total. The number of aliphatic carboxylic acids is 2. The van der Waals surface area contributed by atoms with E-state index in [2.05, 4.69) is 0 Å². The first-order chi connectivity index (χ1) is 8.88. The highest BCUT2D eigenvalue weighted by Gasteiger charge is 2.19. The zero-order chi connectivity index (χ0) is 14.4. The lowest BCUT2D eigenvalue weighted by Crippen LogP contribution is -2.40. The number of carbonyl (C=O) groups is 3. The summed E-state index contributed by atoms with van der Waals surface area (Å²) in [5, 5.41) is 26.3. The summed E-state index contributed by atoms with van der Waals surface area (Å²) in [6.07, 6.45) is -0.124. The van der Waals surface area contributed by atoms with Crippen LogP contribution in [-0.2, 0) is 20.8 Å². The van der Waals surface area contributed by atoms with Crippen molar-refractivity contribution in [3.05, 3.63) is 29.8 Å². The Kier molecular flexibility index (Phi) is 4.87. The van der Waals surface area contributed by atoms with Gasteiger partial charge in [-0.25, -0.2) is 0 Å². The number of carboxylic acid groups (broad SMARTS) is 2. The Bertz CT molecular complexity index is 465. The van der Waals surface area contributed by atoms with Gasteiger partial charge in [-0.15, -0.1) is 0 Å². The van der Waals surface area contributed by atoms with Gasteiger partial charge in [-0.1, -0.05) is 12.1 Å². The van der Waals surface area contributed by atoms with Crippen molar-refractivity contribution in [3.8, 4) is 5.75 Å². The number of aromatic hydroxyl groups is 1. The summed E-state index contributed by atoms with van der Waals surface area (Å²) in [7, 11) is 0. The van der Waals surface area contributed by atoms with E-state index in [9.17, 15) is 14.4 Å². The van der Waals surface area contributed by atoms with E-state index < -0.39 is 30.9 Å². The highest BCUT2D eigenvalue weighted by molar-refractivity contribution is 5.86. The van der Waals surface area contributed by atoms with E-state index in [4.69, 9.17) is 15.3 Å². The van der Waals surface area contributed by atoms with Crippen LogP contribution in [0.15, 0.2) is 24.3 Å². The Morgan fingerprint density at radius 2 is 1.42 bits per heavy atom. The molecule has 0 atom stereocenters. The summed E-state index contributed by atoms with van der Waals surface area (Å²) in [5.41, 5.74) is 0.559. The maximum absolute atomic E-state index is 11.8. The second-order valence-corrected chi connectivity index (χ2v) is 3.88. The molecule has 0 aliphatic heterocycles. The summed E-state index contributed by atoms with van der Waals surface area (Å²) in [6.45, 7) is -1.33. The standard InChI is InChI=1S/C12H13NO6/c14-9-3-1-8(2-4-9)5-10(15)13(6-11(16)17)7-12(18)19/h1-4,14H,5-7H2,(H,16,17)(H,18,19). The summed E-state index contributed by atoms with van der Waals surface area (Å²) in [6, 6.07) is 5.79. The Labute approximate surface area is 108 Å². The summed E-state index contributed by atoms with van der Waals surface area (Å²) >= 11 is 0. The molecule has 0 heterocycles. The van der Waals surface area contributed by atoms with Crippen LogP contribution in [-0.4, -0.2) is 51.2 Å². The number of nitrogens with zero attached hydrogens (tertiary/aromatic N) is 1. The number of hydrogen-bond acceptors (Lipinski definition) is 4. The van der Waals surface area contributed by atoms with Crippen LogP contribution in [0.4, 0.5) is 0 Å². The monoisotopic (exact) mass is 267 g/mol. The van der Waals surface area contributed by atoms with E-state index in [1.807, 2.05) is 0 Å². The number of phenols is 1. The predicted molar refractivity (Wildman–Crippen MR) is 63.7 cm³/mol. The maximum atomic E-state index is 11.8. The van der Waals surface area contributed by atoms with Gasteiger partial charge in [0.15, 0.2) is 0 Å². The van der Waals surface area contributed by atoms with Gasteiger partial charge in [0, 0.05) is 0 Å². The van der Waals surface area contributed by atoms with Gasteiger partial charge in [-0.05, 0) is 17.7 Å². The third-order valence-electron chi connectivity index (χ3n) is 2.30. The first-order valence-electron chi connectivity index (χ1n) is 5.37. The molecule has 0 aliphatic rings. The molecule has 1 rings (SSSR count). The number of carbonyl (C=O) groups excluding carboxylic acids is 1. The Morgan fingerprint density at radius 3 is 1.84 bits per heavy atom. The van der Waals surface area contributed by atoms with Gasteiger partial charge >= 0.3 is 11.9 Å². The molecule has 1 aromatic carbocycles. The number of carboxylic acids is 2. The molecule has 0 unspecified atom stereocenters. The third-order valence-corrected chi connectivity index (χ3v) is 2.30. The second kappa shape index (κ2) is 6.39. The van der Waals surface area contributed by atoms with Crippen molar-refractivity contribution in [1.29, 1.82) is 0 Å². The summed E-state index contributed by atoms with van der Waals surface area (Å²) < 4.78 is 0. The molecule has 0 bridgehead atoms. The van der Waals surface area contributed by atoms with Crippen molar-refractivity contribution < 1.29 is 29.7 Å². The van der Waals surface area contributed by atoms with E-state index in [0.717, 1.165) is 4.90 Å². The largest absolute Gasteiger partial charge is 0.508 e. The van der Waals surface area contributed by atoms with Crippen LogP contribution in [0.3, 0.4) is 0 Å². The Hall–Kier alpha value is -2.57. The first kappa shape index (κ1) is 14.5. The maximum Gasteiger partial charge on any atom is 0.323 e. The lowest BCUT2D eigenvalue weighted by atomic mass is 10.1. The average Bonchev–Trinajstić information content (AvgIpc) is 2.30. The van der Waals surface area contributed by atoms with E-state index in [0.29, 0.717) is 5.56 Å². The SMILES string of the molecule is O=C(O)CN(CC(=O)O)C(=O)Cc1ccc(O)cc1. The molecule has 19 heavy (non-hydrogen) atoms. The van der Waals surface area contributed by atoms with E-state index in [1.54, 1.807) is 0 Å². The number of rotatable bonds is 6. The number of phenolic OH excluding ortho intramolecular Hbond substituents is 1. The predicted octanol–water partition coefficient (Wildman–Crippen LogP) is -0.0675. The fraction of sp³-hybridized carbons (Fsp3) is 0.250. The molecule has 1 aromatic rings. The zero-order valence-electron chi connectivity index (χ0n) is 9.94. The van der Waals surface area contributed by atoms with Crippen LogP contribution in [0.25, 0.3) is 0 Å². The van der Waals surface area contributed by atoms with Crippen LogP contribution < -0.4 is 0 Å². The highest BCUT2D eigenvalue weighted by Crippen LogP contribution is 2.11. The molecule has 1 amide bonds. The van der Waals surface area contributed by atoms with Crippen molar-refractivity contribution in [3.63, 3.8) is 0 Å². The molecular formula is C12H13NO6. The molecular weight excluding hydrogens is 254 g/mol. The van der Waals surface area contributed by atoms with Crippen LogP contribution in [0.2, 0.25) is 0 Å². The summed E-state index contributed by atoms with van der Waals surface area (Å²) in [5.74, 6) is -3.11. The third kappa shape index (κ3) is 5.07. The first-order valence-corrected chi connectivity index (χ1v) is 5.37. The molecule has 0 spiro atoms. The molecule has 0 saturated carbocycles. The quantitative estimate of drug-likeness (QED) is 0.664. The van der Waals surface area contributed by atoms with E-state index in [1.165, 1.54) is 24.3 Å². The van der Waals surface area contributed by atoms with Crippen molar-refractivity contribution >= 4 is 17.8 Å². The molecule has 0 saturated heterocycles. The normalized spacial score (nSPS) is 9.89. The minimum atomic E-state index is -1.28. The highest BCUT2D eigenvalue weighted by atomic mass is 16.4. The smallest absolute Gasteiger partial charge is 0.323 e. The number of amides is 1. The molecule has 102 valence electrons. The second-order valence-electron chi connectivity index (χ2n) is 3.88. The van der Waals surface area contributed by atoms with Gasteiger partial charge in [0.2, 0.25) is 5.91 Å². The Balaban J connectivity index is 2.73. The van der Waals surface area contributed by atoms with Gasteiger partial charge in [-0.3, -0.25) is 14.4 Å². The molecule has 0 fully saturated rings. The fourth-order valence-electron chi connectivity index (χ4n) is 1.46. The lowest BCUT2D eigenvalue weighted by molar-refractivity contribution is -0.149. The van der Waals surface area contributed by atoms with E-state index >= 15 is 0 Å². The van der Waals surface area contributed by atoms with Gasteiger partial charge in [-0.2, -0.15) is 0 Å². The van der Waals surface area contributed by atoms with Crippen LogP contribution in [0, 0.1) is 0 Å². The molecule has 0 radical (unpaired) electrons. The Morgan fingerprint density at radius 1 is 0.947 bits per heavy atom. The zero-order valence-corrected chi connectivity index (χ0v) is 9.94. The van der Waals surface area contributed by atoms with Gasteiger partial charge in [0.05, 0.1) is 6.42 Å². The average molecular weight is 267 g/mol. The van der Waals surface area contributed by atoms with Crippen molar-refractivity contribution in [2.24, 2.45) is 0 Å². The molecule has 0 aromatic heterocycles.